The Hall–Kier alpha value is -4.39. The summed E-state index contributed by atoms with van der Waals surface area (Å²) in [5, 5.41) is 2.59. The van der Waals surface area contributed by atoms with E-state index < -0.39 is 29.7 Å². The Labute approximate surface area is 284 Å². The van der Waals surface area contributed by atoms with Crippen molar-refractivity contribution in [1.29, 1.82) is 0 Å². The second-order valence-electron chi connectivity index (χ2n) is 12.5. The molecule has 13 heteroatoms. The van der Waals surface area contributed by atoms with Crippen LogP contribution in [0.1, 0.15) is 53.0 Å². The number of nitrogen functional groups attached to an aromatic ring is 1. The number of aryl methyl sites for hydroxylation is 1. The van der Waals surface area contributed by atoms with Crippen molar-refractivity contribution in [3.8, 4) is 0 Å². The fourth-order valence-electron chi connectivity index (χ4n) is 4.90. The van der Waals surface area contributed by atoms with E-state index in [4.69, 9.17) is 15.2 Å². The van der Waals surface area contributed by atoms with Gasteiger partial charge in [0.15, 0.2) is 0 Å². The van der Waals surface area contributed by atoms with Gasteiger partial charge in [0.05, 0.1) is 31.0 Å². The van der Waals surface area contributed by atoms with E-state index in [1.165, 1.54) is 11.0 Å². The van der Waals surface area contributed by atoms with Gasteiger partial charge in [0.1, 0.15) is 23.8 Å². The number of anilines is 3. The molecule has 0 saturated carbocycles. The SMILES string of the molecule is CC.CC(C)(C)OC(=O)NC[C@H]1CN(c2ccc(N3CCN(C(=O)CCCc4ccc(N)cc4)CC3)c(F)c2)C(=O)O1.CN(C)CC=O. The van der Waals surface area contributed by atoms with Crippen LogP contribution in [0.25, 0.3) is 0 Å². The summed E-state index contributed by atoms with van der Waals surface area (Å²) in [6, 6.07) is 12.3. The number of alkyl carbamates (subject to hydrolysis) is 1. The van der Waals surface area contributed by atoms with Crippen molar-refractivity contribution in [2.75, 3.05) is 75.4 Å². The van der Waals surface area contributed by atoms with Crippen LogP contribution >= 0.6 is 0 Å². The van der Waals surface area contributed by atoms with E-state index in [0.717, 1.165) is 30.4 Å². The Morgan fingerprint density at radius 2 is 1.73 bits per heavy atom. The molecule has 2 fully saturated rings. The van der Waals surface area contributed by atoms with Gasteiger partial charge in [-0.15, -0.1) is 0 Å². The molecule has 3 amide bonds. The third-order valence-corrected chi connectivity index (χ3v) is 7.24. The molecule has 12 nitrogen and oxygen atoms in total. The molecule has 0 aromatic heterocycles. The number of halogens is 1. The molecule has 48 heavy (non-hydrogen) atoms. The largest absolute Gasteiger partial charge is 0.444 e. The first kappa shape index (κ1) is 39.8. The number of nitrogens with two attached hydrogens (primary N) is 1. The normalized spacial score (nSPS) is 15.9. The van der Waals surface area contributed by atoms with Crippen molar-refractivity contribution in [1.82, 2.24) is 15.1 Å². The summed E-state index contributed by atoms with van der Waals surface area (Å²) in [5.41, 5.74) is 7.76. The molecule has 0 unspecified atom stereocenters. The van der Waals surface area contributed by atoms with Crippen molar-refractivity contribution >= 4 is 41.4 Å². The molecule has 2 aromatic carbocycles. The van der Waals surface area contributed by atoms with Crippen LogP contribution in [0.5, 0.6) is 0 Å². The fourth-order valence-corrected chi connectivity index (χ4v) is 4.90. The lowest BCUT2D eigenvalue weighted by Crippen LogP contribution is -2.49. The second-order valence-corrected chi connectivity index (χ2v) is 12.5. The minimum absolute atomic E-state index is 0.0854. The number of carbonyl (C=O) groups is 4. The minimum Gasteiger partial charge on any atom is -0.444 e. The summed E-state index contributed by atoms with van der Waals surface area (Å²) in [4.78, 5) is 53.4. The van der Waals surface area contributed by atoms with Gasteiger partial charge in [-0.1, -0.05) is 26.0 Å². The monoisotopic (exact) mass is 672 g/mol. The number of cyclic esters (lactones) is 1. The first-order chi connectivity index (χ1) is 22.8. The number of carbonyl (C=O) groups excluding carboxylic acids is 4. The van der Waals surface area contributed by atoms with Crippen molar-refractivity contribution < 1.29 is 33.0 Å². The molecule has 0 radical (unpaired) electrons. The zero-order valence-electron chi connectivity index (χ0n) is 29.5. The Balaban J connectivity index is 0.000000901. The van der Waals surface area contributed by atoms with E-state index in [9.17, 15) is 19.2 Å². The molecule has 2 saturated heterocycles. The van der Waals surface area contributed by atoms with E-state index in [2.05, 4.69) is 5.32 Å². The van der Waals surface area contributed by atoms with E-state index >= 15 is 4.39 Å². The van der Waals surface area contributed by atoms with Crippen LogP contribution in [0.3, 0.4) is 0 Å². The zero-order chi connectivity index (χ0) is 35.9. The first-order valence-corrected chi connectivity index (χ1v) is 16.5. The average Bonchev–Trinajstić information content (AvgIpc) is 3.41. The number of amides is 3. The van der Waals surface area contributed by atoms with Crippen LogP contribution in [0, 0.1) is 5.82 Å². The van der Waals surface area contributed by atoms with Gasteiger partial charge in [-0.2, -0.15) is 0 Å². The Morgan fingerprint density at radius 1 is 1.08 bits per heavy atom. The standard InChI is InChI=1S/C29H38FN5O5.C4H9NO.C2H6/c1-29(2,3)40-27(37)32-18-23-19-35(28(38)39-23)22-11-12-25(24(30)17-22)33-13-15-34(16-14-33)26(36)6-4-5-20-7-9-21(31)10-8-20;1-5(2)3-4-6;1-2/h7-12,17,23H,4-6,13-16,18-19,31H2,1-3H3,(H,32,37);4H,3H2,1-2H3;1-2H3/t23-;;/m0../s1. The van der Waals surface area contributed by atoms with Crippen LogP contribution in [0.15, 0.2) is 42.5 Å². The van der Waals surface area contributed by atoms with Gasteiger partial charge in [0.2, 0.25) is 5.91 Å². The van der Waals surface area contributed by atoms with Crippen molar-refractivity contribution in [2.24, 2.45) is 0 Å². The van der Waals surface area contributed by atoms with Crippen LogP contribution in [-0.4, -0.2) is 106 Å². The highest BCUT2D eigenvalue weighted by Crippen LogP contribution is 2.28. The Kier molecular flexibility index (Phi) is 16.1. The lowest BCUT2D eigenvalue weighted by Gasteiger charge is -2.36. The maximum atomic E-state index is 15.1. The summed E-state index contributed by atoms with van der Waals surface area (Å²) < 4.78 is 25.7. The minimum atomic E-state index is -0.636. The zero-order valence-corrected chi connectivity index (χ0v) is 29.5. The maximum Gasteiger partial charge on any atom is 0.414 e. The predicted molar refractivity (Wildman–Crippen MR) is 187 cm³/mol. The Bertz CT molecular complexity index is 1330. The molecule has 2 aromatic rings. The summed E-state index contributed by atoms with van der Waals surface area (Å²) >= 11 is 0. The van der Waals surface area contributed by atoms with Crippen molar-refractivity contribution in [2.45, 2.75) is 65.6 Å². The third-order valence-electron chi connectivity index (χ3n) is 7.24. The molecule has 1 atom stereocenters. The molecule has 0 bridgehead atoms. The number of likely N-dealkylation sites (N-methyl/N-ethyl adjacent to an activating group) is 1. The highest BCUT2D eigenvalue weighted by molar-refractivity contribution is 5.90. The number of hydrogen-bond donors (Lipinski definition) is 2. The van der Waals surface area contributed by atoms with Crippen LogP contribution in [-0.2, 0) is 25.5 Å². The number of hydrogen-bond acceptors (Lipinski definition) is 9. The van der Waals surface area contributed by atoms with Gasteiger partial charge in [0, 0.05) is 38.3 Å². The smallest absolute Gasteiger partial charge is 0.414 e. The van der Waals surface area contributed by atoms with Crippen LogP contribution < -0.4 is 20.9 Å². The van der Waals surface area contributed by atoms with E-state index in [1.807, 2.05) is 66.9 Å². The van der Waals surface area contributed by atoms with Gasteiger partial charge in [-0.05, 0) is 83.6 Å². The maximum absolute atomic E-state index is 15.1. The molecule has 2 aliphatic heterocycles. The molecule has 0 aliphatic carbocycles. The lowest BCUT2D eigenvalue weighted by atomic mass is 10.1. The average molecular weight is 673 g/mol. The van der Waals surface area contributed by atoms with Crippen LogP contribution in [0.4, 0.5) is 31.0 Å². The number of piperazine rings is 1. The highest BCUT2D eigenvalue weighted by atomic mass is 19.1. The van der Waals surface area contributed by atoms with E-state index in [1.54, 1.807) is 32.9 Å². The number of aldehydes is 1. The molecule has 2 heterocycles. The van der Waals surface area contributed by atoms with Crippen LogP contribution in [0.2, 0.25) is 0 Å². The summed E-state index contributed by atoms with van der Waals surface area (Å²) in [7, 11) is 3.71. The quantitative estimate of drug-likeness (QED) is 0.272. The fraction of sp³-hybridized carbons (Fsp3) is 0.543. The highest BCUT2D eigenvalue weighted by Gasteiger charge is 2.33. The van der Waals surface area contributed by atoms with Gasteiger partial charge in [-0.25, -0.2) is 14.0 Å². The summed E-state index contributed by atoms with van der Waals surface area (Å²) in [6.07, 6.45) is 1.13. The van der Waals surface area contributed by atoms with Crippen molar-refractivity contribution in [3.63, 3.8) is 0 Å². The molecule has 0 spiro atoms. The van der Waals surface area contributed by atoms with Gasteiger partial charge in [0.25, 0.3) is 0 Å². The molecule has 3 N–H and O–H groups in total. The number of rotatable bonds is 10. The summed E-state index contributed by atoms with van der Waals surface area (Å²) in [6.45, 7) is 12.1. The lowest BCUT2D eigenvalue weighted by molar-refractivity contribution is -0.131. The third kappa shape index (κ3) is 13.4. The molecular weight excluding hydrogens is 619 g/mol. The summed E-state index contributed by atoms with van der Waals surface area (Å²) in [5.74, 6) is -0.349. The second kappa shape index (κ2) is 19.4. The number of benzene rings is 2. The molecule has 4 rings (SSSR count). The Morgan fingerprint density at radius 3 is 2.27 bits per heavy atom. The van der Waals surface area contributed by atoms with Gasteiger partial charge < -0.3 is 40.0 Å². The molecule has 2 aliphatic rings. The van der Waals surface area contributed by atoms with Gasteiger partial charge >= 0.3 is 12.2 Å². The molecular formula is C35H53FN6O6. The predicted octanol–water partition coefficient (Wildman–Crippen LogP) is 4.70. The first-order valence-electron chi connectivity index (χ1n) is 16.5. The topological polar surface area (TPSA) is 138 Å². The van der Waals surface area contributed by atoms with Crippen molar-refractivity contribution in [3.05, 3.63) is 53.8 Å². The van der Waals surface area contributed by atoms with E-state index in [0.29, 0.717) is 50.5 Å². The van der Waals surface area contributed by atoms with Gasteiger partial charge in [-0.3, -0.25) is 9.69 Å². The number of nitrogens with one attached hydrogen (secondary N) is 1. The number of ether oxygens (including phenoxy) is 2. The molecule has 266 valence electrons. The van der Waals surface area contributed by atoms with E-state index in [-0.39, 0.29) is 19.0 Å². The number of nitrogens with zero attached hydrogens (tertiary/aromatic N) is 4.